The van der Waals surface area contributed by atoms with Crippen LogP contribution in [0, 0.1) is 0 Å². The molecule has 0 aliphatic carbocycles. The van der Waals surface area contributed by atoms with Crippen LogP contribution in [0.15, 0.2) is 36.4 Å². The molecule has 4 heteroatoms. The van der Waals surface area contributed by atoms with Crippen molar-refractivity contribution in [3.05, 3.63) is 42.0 Å². The molecule has 3 nitrogen and oxygen atoms in total. The summed E-state index contributed by atoms with van der Waals surface area (Å²) >= 11 is 6.09. The van der Waals surface area contributed by atoms with Crippen LogP contribution in [0.1, 0.15) is 12.0 Å². The number of ether oxygens (including phenoxy) is 3. The smallest absolute Gasteiger partial charge is 0.124 e. The van der Waals surface area contributed by atoms with Crippen LogP contribution in [-0.4, -0.2) is 33.5 Å². The Bertz CT molecular complexity index is 557. The highest BCUT2D eigenvalue weighted by Crippen LogP contribution is 2.29. The Labute approximate surface area is 130 Å². The number of halogens is 1. The van der Waals surface area contributed by atoms with Gasteiger partial charge in [0.2, 0.25) is 0 Å². The molecule has 2 aromatic carbocycles. The molecule has 0 radical (unpaired) electrons. The molecular weight excluding hydrogens is 288 g/mol. The second-order valence-electron chi connectivity index (χ2n) is 4.70. The van der Waals surface area contributed by atoms with Crippen molar-refractivity contribution in [1.29, 1.82) is 0 Å². The molecule has 2 aromatic rings. The highest BCUT2D eigenvalue weighted by Gasteiger charge is 2.07. The minimum atomic E-state index is 0.445. The molecule has 2 rings (SSSR count). The second kappa shape index (κ2) is 8.88. The van der Waals surface area contributed by atoms with E-state index in [-0.39, 0.29) is 0 Å². The molecule has 0 aromatic heterocycles. The van der Waals surface area contributed by atoms with Crippen molar-refractivity contribution in [2.45, 2.75) is 12.3 Å². The van der Waals surface area contributed by atoms with Gasteiger partial charge in [-0.2, -0.15) is 0 Å². The Hall–Kier alpha value is -1.29. The van der Waals surface area contributed by atoms with Crippen molar-refractivity contribution in [2.75, 3.05) is 33.5 Å². The summed E-state index contributed by atoms with van der Waals surface area (Å²) in [6.45, 7) is 2.55. The van der Waals surface area contributed by atoms with Gasteiger partial charge in [0.15, 0.2) is 0 Å². The SMILES string of the molecule is COCCOCCCOc1ccc2ccccc2c1CCl. The van der Waals surface area contributed by atoms with E-state index in [1.54, 1.807) is 7.11 Å². The number of benzene rings is 2. The lowest BCUT2D eigenvalue weighted by molar-refractivity contribution is 0.0644. The van der Waals surface area contributed by atoms with Gasteiger partial charge in [-0.3, -0.25) is 0 Å². The van der Waals surface area contributed by atoms with E-state index >= 15 is 0 Å². The summed E-state index contributed by atoms with van der Waals surface area (Å²) in [4.78, 5) is 0. The molecule has 0 fully saturated rings. The maximum absolute atomic E-state index is 6.09. The first-order chi connectivity index (χ1) is 10.4. The Morgan fingerprint density at radius 3 is 2.62 bits per heavy atom. The topological polar surface area (TPSA) is 27.7 Å². The van der Waals surface area contributed by atoms with Crippen LogP contribution in [0.4, 0.5) is 0 Å². The first-order valence-electron chi connectivity index (χ1n) is 7.13. The van der Waals surface area contributed by atoms with Gasteiger partial charge in [-0.15, -0.1) is 11.6 Å². The van der Waals surface area contributed by atoms with Crippen LogP contribution in [0.2, 0.25) is 0 Å². The van der Waals surface area contributed by atoms with Crippen LogP contribution in [0.25, 0.3) is 10.8 Å². The Morgan fingerprint density at radius 2 is 1.81 bits per heavy atom. The van der Waals surface area contributed by atoms with E-state index in [1.807, 2.05) is 18.2 Å². The van der Waals surface area contributed by atoms with E-state index in [2.05, 4.69) is 18.2 Å². The van der Waals surface area contributed by atoms with E-state index in [9.17, 15) is 0 Å². The van der Waals surface area contributed by atoms with Gasteiger partial charge < -0.3 is 14.2 Å². The van der Waals surface area contributed by atoms with Gasteiger partial charge in [0.05, 0.1) is 25.7 Å². The van der Waals surface area contributed by atoms with Gasteiger partial charge in [0.1, 0.15) is 5.75 Å². The third-order valence-corrected chi connectivity index (χ3v) is 3.52. The molecule has 114 valence electrons. The van der Waals surface area contributed by atoms with Crippen LogP contribution in [-0.2, 0) is 15.4 Å². The molecular formula is C17H21ClO3. The molecule has 0 aliphatic heterocycles. The van der Waals surface area contributed by atoms with Gasteiger partial charge in [-0.1, -0.05) is 30.3 Å². The third kappa shape index (κ3) is 4.60. The molecule has 0 heterocycles. The van der Waals surface area contributed by atoms with E-state index in [1.165, 1.54) is 5.39 Å². The van der Waals surface area contributed by atoms with Gasteiger partial charge in [0.25, 0.3) is 0 Å². The zero-order chi connectivity index (χ0) is 14.9. The van der Waals surface area contributed by atoms with Crippen LogP contribution in [0.3, 0.4) is 0 Å². The normalized spacial score (nSPS) is 11.0. The van der Waals surface area contributed by atoms with Gasteiger partial charge in [-0.25, -0.2) is 0 Å². The van der Waals surface area contributed by atoms with E-state index < -0.39 is 0 Å². The summed E-state index contributed by atoms with van der Waals surface area (Å²) in [6.07, 6.45) is 0.846. The molecule has 0 atom stereocenters. The molecule has 0 saturated heterocycles. The monoisotopic (exact) mass is 308 g/mol. The van der Waals surface area contributed by atoms with Crippen molar-refractivity contribution in [1.82, 2.24) is 0 Å². The predicted molar refractivity (Wildman–Crippen MR) is 86.3 cm³/mol. The van der Waals surface area contributed by atoms with Crippen molar-refractivity contribution >= 4 is 22.4 Å². The summed E-state index contributed by atoms with van der Waals surface area (Å²) in [5.74, 6) is 1.31. The summed E-state index contributed by atoms with van der Waals surface area (Å²) in [5, 5.41) is 2.34. The summed E-state index contributed by atoms with van der Waals surface area (Å²) < 4.78 is 16.2. The first-order valence-corrected chi connectivity index (χ1v) is 7.66. The maximum atomic E-state index is 6.09. The lowest BCUT2D eigenvalue weighted by Crippen LogP contribution is -2.07. The molecule has 0 aliphatic rings. The Morgan fingerprint density at radius 1 is 0.952 bits per heavy atom. The van der Waals surface area contributed by atoms with Crippen LogP contribution < -0.4 is 4.74 Å². The minimum absolute atomic E-state index is 0.445. The third-order valence-electron chi connectivity index (χ3n) is 3.25. The van der Waals surface area contributed by atoms with Gasteiger partial charge >= 0.3 is 0 Å². The number of fused-ring (bicyclic) bond motifs is 1. The second-order valence-corrected chi connectivity index (χ2v) is 4.97. The molecule has 0 amide bonds. The molecule has 0 unspecified atom stereocenters. The number of hydrogen-bond acceptors (Lipinski definition) is 3. The zero-order valence-corrected chi connectivity index (χ0v) is 13.1. The lowest BCUT2D eigenvalue weighted by Gasteiger charge is -2.12. The van der Waals surface area contributed by atoms with E-state index in [4.69, 9.17) is 25.8 Å². The number of rotatable bonds is 9. The maximum Gasteiger partial charge on any atom is 0.124 e. The van der Waals surface area contributed by atoms with E-state index in [0.717, 1.165) is 23.1 Å². The van der Waals surface area contributed by atoms with Crippen molar-refractivity contribution in [3.8, 4) is 5.75 Å². The largest absolute Gasteiger partial charge is 0.493 e. The van der Waals surface area contributed by atoms with Gasteiger partial charge in [0, 0.05) is 25.7 Å². The summed E-state index contributed by atoms with van der Waals surface area (Å²) in [5.41, 5.74) is 1.05. The number of hydrogen-bond donors (Lipinski definition) is 0. The molecule has 0 bridgehead atoms. The summed E-state index contributed by atoms with van der Waals surface area (Å²) in [7, 11) is 1.67. The molecule has 0 N–H and O–H groups in total. The highest BCUT2D eigenvalue weighted by atomic mass is 35.5. The van der Waals surface area contributed by atoms with Crippen LogP contribution >= 0.6 is 11.6 Å². The number of methoxy groups -OCH3 is 1. The van der Waals surface area contributed by atoms with Crippen molar-refractivity contribution in [3.63, 3.8) is 0 Å². The molecule has 0 saturated carbocycles. The zero-order valence-electron chi connectivity index (χ0n) is 12.3. The predicted octanol–water partition coefficient (Wildman–Crippen LogP) is 4.01. The standard InChI is InChI=1S/C17H21ClO3/c1-19-11-12-20-9-4-10-21-17-8-7-14-5-2-3-6-15(14)16(17)13-18/h2-3,5-8H,4,9-13H2,1H3. The highest BCUT2D eigenvalue weighted by molar-refractivity contribution is 6.18. The van der Waals surface area contributed by atoms with Crippen molar-refractivity contribution in [2.24, 2.45) is 0 Å². The van der Waals surface area contributed by atoms with Crippen molar-refractivity contribution < 1.29 is 14.2 Å². The Balaban J connectivity index is 1.90. The average Bonchev–Trinajstić information content (AvgIpc) is 2.53. The Kier molecular flexibility index (Phi) is 6.80. The fourth-order valence-electron chi connectivity index (χ4n) is 2.18. The fraction of sp³-hybridized carbons (Fsp3) is 0.412. The number of alkyl halides is 1. The average molecular weight is 309 g/mol. The minimum Gasteiger partial charge on any atom is -0.493 e. The van der Waals surface area contributed by atoms with Gasteiger partial charge in [-0.05, 0) is 16.8 Å². The lowest BCUT2D eigenvalue weighted by atomic mass is 10.0. The summed E-state index contributed by atoms with van der Waals surface area (Å²) in [6, 6.07) is 12.3. The fourth-order valence-corrected chi connectivity index (χ4v) is 2.45. The molecule has 21 heavy (non-hydrogen) atoms. The van der Waals surface area contributed by atoms with Crippen LogP contribution in [0.5, 0.6) is 5.75 Å². The van der Waals surface area contributed by atoms with E-state index in [0.29, 0.717) is 32.3 Å². The quantitative estimate of drug-likeness (QED) is 0.517. The first kappa shape index (κ1) is 16.1. The molecule has 0 spiro atoms.